The molecule has 15 heteroatoms. The number of hydrogen-bond donors (Lipinski definition) is 1. The van der Waals surface area contributed by atoms with Gasteiger partial charge in [-0.05, 0) is 85.8 Å². The molecule has 70 heavy (non-hydrogen) atoms. The number of aryl methyl sites for hydroxylation is 1. The van der Waals surface area contributed by atoms with Crippen LogP contribution in [0.15, 0.2) is 73.1 Å². The van der Waals surface area contributed by atoms with E-state index in [0.717, 1.165) is 132 Å². The lowest BCUT2D eigenvalue weighted by Gasteiger charge is -2.63. The fraction of sp³-hybridized carbons (Fsp3) is 0.491. The molecule has 10 rings (SSSR count). The highest BCUT2D eigenvalue weighted by Crippen LogP contribution is 2.56. The van der Waals surface area contributed by atoms with Crippen LogP contribution in [-0.4, -0.2) is 120 Å². The number of piperazine rings is 1. The number of aromatic nitrogens is 4. The molecule has 15 nitrogen and oxygen atoms in total. The molecule has 0 spiro atoms. The van der Waals surface area contributed by atoms with E-state index in [1.54, 1.807) is 32.2 Å². The van der Waals surface area contributed by atoms with Crippen molar-refractivity contribution in [2.45, 2.75) is 97.9 Å². The molecule has 5 aliphatic rings. The van der Waals surface area contributed by atoms with Crippen molar-refractivity contribution >= 4 is 29.0 Å². The minimum absolute atomic E-state index is 0.0955. The summed E-state index contributed by atoms with van der Waals surface area (Å²) in [6.45, 7) is 18.5. The largest absolute Gasteiger partial charge is 0.495 e. The van der Waals surface area contributed by atoms with Crippen LogP contribution in [0.2, 0.25) is 0 Å². The number of carbonyl (C=O) groups is 2. The molecule has 0 unspecified atom stereocenters. The van der Waals surface area contributed by atoms with E-state index in [0.29, 0.717) is 35.2 Å². The number of ether oxygens (including phenoxy) is 3. The predicted molar refractivity (Wildman–Crippen MR) is 269 cm³/mol. The predicted octanol–water partition coefficient (Wildman–Crippen LogP) is 7.54. The second-order valence-electron chi connectivity index (χ2n) is 20.9. The van der Waals surface area contributed by atoms with Gasteiger partial charge in [-0.25, -0.2) is 0 Å². The van der Waals surface area contributed by atoms with Gasteiger partial charge in [-0.3, -0.25) is 29.1 Å². The molecule has 3 fully saturated rings. The topological polar surface area (TPSA) is 154 Å². The second kappa shape index (κ2) is 19.4. The summed E-state index contributed by atoms with van der Waals surface area (Å²) in [4.78, 5) is 45.2. The second-order valence-corrected chi connectivity index (χ2v) is 20.9. The molecule has 2 aromatic carbocycles. The van der Waals surface area contributed by atoms with Gasteiger partial charge in [0.25, 0.3) is 5.91 Å². The average Bonchev–Trinajstić information content (AvgIpc) is 3.77. The van der Waals surface area contributed by atoms with Gasteiger partial charge in [0.15, 0.2) is 5.82 Å². The average molecular weight is 947 g/mol. The van der Waals surface area contributed by atoms with E-state index >= 15 is 0 Å². The molecule has 4 aliphatic heterocycles. The van der Waals surface area contributed by atoms with Crippen LogP contribution in [0.1, 0.15) is 98.4 Å². The SMILES string of the molecule is COc1cc(OC2C(C)(C)C(NC(=O)c3ccc(N4CCN(CCc5ccc(-c6cc7c(cn6)N(c6nn(C8CCOCC8)c8c6CN(C(C)=O)CC8)CCC7)cn5)CC4)cc3)C2(C)C)ccc1C#N. The quantitative estimate of drug-likeness (QED) is 0.132. The highest BCUT2D eigenvalue weighted by atomic mass is 16.5. The number of pyridine rings is 2. The Morgan fingerprint density at radius 1 is 0.900 bits per heavy atom. The van der Waals surface area contributed by atoms with Crippen LogP contribution in [0, 0.1) is 22.2 Å². The maximum absolute atomic E-state index is 13.6. The minimum atomic E-state index is -0.342. The smallest absolute Gasteiger partial charge is 0.251 e. The number of nitrogens with zero attached hydrogens (tertiary/aromatic N) is 9. The van der Waals surface area contributed by atoms with Crippen molar-refractivity contribution in [1.82, 2.24) is 34.9 Å². The minimum Gasteiger partial charge on any atom is -0.495 e. The summed E-state index contributed by atoms with van der Waals surface area (Å²) in [6.07, 6.45) is 9.39. The molecule has 0 radical (unpaired) electrons. The summed E-state index contributed by atoms with van der Waals surface area (Å²) in [5, 5.41) is 18.0. The number of rotatable bonds is 12. The number of fused-ring (bicyclic) bond motifs is 2. The van der Waals surface area contributed by atoms with E-state index in [1.807, 2.05) is 29.4 Å². The zero-order valence-electron chi connectivity index (χ0n) is 41.5. The first-order valence-electron chi connectivity index (χ1n) is 25.1. The number of amides is 2. The van der Waals surface area contributed by atoms with Crippen LogP contribution in [0.5, 0.6) is 11.5 Å². The van der Waals surface area contributed by atoms with Crippen LogP contribution in [-0.2, 0) is 35.3 Å². The standard InChI is InChI=1S/C55H66N10O5/c1-36(66)63-23-18-47-45(35-63)50(60-65(47)43-19-28-69-29-20-43)64-21-7-8-38-30-46(58-34-48(38)64)40-9-13-41(57-33-40)17-22-61-24-26-62(27-25-61)42-14-10-37(11-15-42)51(67)59-52-54(2,3)53(55(52,4)5)70-44-16-12-39(32-56)49(31-44)68-6/h9-16,30-31,33-34,43,52-53H,7-8,17-29,35H2,1-6H3,(H,59,67). The number of nitriles is 1. The molecular formula is C55H66N10O5. The molecule has 7 heterocycles. The molecule has 1 aliphatic carbocycles. The van der Waals surface area contributed by atoms with Crippen LogP contribution in [0.4, 0.5) is 17.2 Å². The van der Waals surface area contributed by atoms with Crippen LogP contribution in [0.25, 0.3) is 11.3 Å². The number of anilines is 3. The van der Waals surface area contributed by atoms with Crippen molar-refractivity contribution in [3.05, 3.63) is 107 Å². The van der Waals surface area contributed by atoms with Crippen molar-refractivity contribution in [3.63, 3.8) is 0 Å². The molecule has 1 saturated carbocycles. The molecule has 366 valence electrons. The Kier molecular flexibility index (Phi) is 13.1. The molecule has 2 amide bonds. The third-order valence-corrected chi connectivity index (χ3v) is 15.7. The molecule has 0 bridgehead atoms. The maximum Gasteiger partial charge on any atom is 0.251 e. The van der Waals surface area contributed by atoms with Crippen molar-refractivity contribution < 1.29 is 23.8 Å². The third kappa shape index (κ3) is 9.07. The Morgan fingerprint density at radius 2 is 1.67 bits per heavy atom. The summed E-state index contributed by atoms with van der Waals surface area (Å²) >= 11 is 0. The van der Waals surface area contributed by atoms with E-state index in [9.17, 15) is 14.9 Å². The first-order chi connectivity index (χ1) is 33.8. The number of carbonyl (C=O) groups excluding carboxylic acids is 2. The van der Waals surface area contributed by atoms with Crippen LogP contribution < -0.4 is 24.6 Å². The Morgan fingerprint density at radius 3 is 2.37 bits per heavy atom. The Labute approximate surface area is 411 Å². The lowest BCUT2D eigenvalue weighted by atomic mass is 9.49. The lowest BCUT2D eigenvalue weighted by molar-refractivity contribution is -0.164. The van der Waals surface area contributed by atoms with Crippen LogP contribution >= 0.6 is 0 Å². The Hall–Kier alpha value is -6.50. The Bertz CT molecular complexity index is 2750. The number of nitrogens with one attached hydrogen (secondary N) is 1. The van der Waals surface area contributed by atoms with Gasteiger partial charge in [0.05, 0.1) is 42.8 Å². The van der Waals surface area contributed by atoms with Gasteiger partial charge in [-0.2, -0.15) is 10.4 Å². The monoisotopic (exact) mass is 947 g/mol. The normalized spacial score (nSPS) is 21.0. The fourth-order valence-corrected chi connectivity index (χ4v) is 12.0. The molecule has 5 aromatic rings. The lowest BCUT2D eigenvalue weighted by Crippen LogP contribution is -2.74. The number of methoxy groups -OCH3 is 1. The zero-order chi connectivity index (χ0) is 48.7. The molecule has 0 atom stereocenters. The Balaban J connectivity index is 0.713. The number of benzene rings is 2. The van der Waals surface area contributed by atoms with Crippen molar-refractivity contribution in [2.75, 3.05) is 75.9 Å². The van der Waals surface area contributed by atoms with Gasteiger partial charge in [0.1, 0.15) is 23.7 Å². The van der Waals surface area contributed by atoms with Gasteiger partial charge in [0, 0.05) is 142 Å². The third-order valence-electron chi connectivity index (χ3n) is 15.7. The van der Waals surface area contributed by atoms with Gasteiger partial charge >= 0.3 is 0 Å². The highest BCUT2D eigenvalue weighted by Gasteiger charge is 2.64. The van der Waals surface area contributed by atoms with E-state index in [4.69, 9.17) is 29.3 Å². The van der Waals surface area contributed by atoms with E-state index in [2.05, 4.69) is 88.8 Å². The van der Waals surface area contributed by atoms with Gasteiger partial charge in [-0.1, -0.05) is 27.7 Å². The van der Waals surface area contributed by atoms with Crippen molar-refractivity contribution in [2.24, 2.45) is 10.8 Å². The molecule has 1 N–H and O–H groups in total. The summed E-state index contributed by atoms with van der Waals surface area (Å²) < 4.78 is 19.8. The first-order valence-corrected chi connectivity index (χ1v) is 25.1. The molecular weight excluding hydrogens is 881 g/mol. The fourth-order valence-electron chi connectivity index (χ4n) is 12.0. The van der Waals surface area contributed by atoms with Crippen molar-refractivity contribution in [1.29, 1.82) is 5.26 Å². The van der Waals surface area contributed by atoms with Crippen molar-refractivity contribution in [3.8, 4) is 28.8 Å². The zero-order valence-corrected chi connectivity index (χ0v) is 41.5. The van der Waals surface area contributed by atoms with Gasteiger partial charge < -0.3 is 34.2 Å². The number of hydrogen-bond acceptors (Lipinski definition) is 12. The van der Waals surface area contributed by atoms with Crippen LogP contribution in [0.3, 0.4) is 0 Å². The molecule has 3 aromatic heterocycles. The van der Waals surface area contributed by atoms with E-state index in [1.165, 1.54) is 16.8 Å². The highest BCUT2D eigenvalue weighted by molar-refractivity contribution is 5.95. The maximum atomic E-state index is 13.6. The summed E-state index contributed by atoms with van der Waals surface area (Å²) in [5.41, 5.74) is 9.33. The molecule has 2 saturated heterocycles. The summed E-state index contributed by atoms with van der Waals surface area (Å²) in [5.74, 6) is 2.09. The van der Waals surface area contributed by atoms with E-state index in [-0.39, 0.29) is 34.8 Å². The van der Waals surface area contributed by atoms with Gasteiger partial charge in [-0.15, -0.1) is 0 Å². The summed E-state index contributed by atoms with van der Waals surface area (Å²) in [6, 6.07) is 22.1. The van der Waals surface area contributed by atoms with E-state index < -0.39 is 0 Å². The van der Waals surface area contributed by atoms with Gasteiger partial charge in [0.2, 0.25) is 5.91 Å². The summed E-state index contributed by atoms with van der Waals surface area (Å²) in [7, 11) is 1.54. The first kappa shape index (κ1) is 47.2.